The Morgan fingerprint density at radius 3 is 2.69 bits per heavy atom. The Kier molecular flexibility index (Phi) is 5.48. The molecule has 0 radical (unpaired) electrons. The lowest BCUT2D eigenvalue weighted by Gasteiger charge is -2.17. The number of carbonyl (C=O) groups is 2. The summed E-state index contributed by atoms with van der Waals surface area (Å²) in [5, 5.41) is 3.39. The number of carbonyl (C=O) groups excluding carboxylic acids is 2. The molecule has 0 atom stereocenters. The zero-order valence-electron chi connectivity index (χ0n) is 14.9. The Bertz CT molecular complexity index is 905. The fraction of sp³-hybridized carbons (Fsp3) is 0.316. The third kappa shape index (κ3) is 4.53. The van der Waals surface area contributed by atoms with E-state index in [0.29, 0.717) is 16.6 Å². The highest BCUT2D eigenvalue weighted by Gasteiger charge is 2.21. The molecule has 2 heterocycles. The SMILES string of the molecule is CC(C)(C)C(=O)NCc1ccc(C(=O)CSc2nc3ccccc3o2)s1. The van der Waals surface area contributed by atoms with E-state index >= 15 is 0 Å². The van der Waals surface area contributed by atoms with Crippen molar-refractivity contribution in [3.8, 4) is 0 Å². The van der Waals surface area contributed by atoms with E-state index in [1.54, 1.807) is 6.07 Å². The molecule has 0 spiro atoms. The van der Waals surface area contributed by atoms with Crippen LogP contribution < -0.4 is 5.32 Å². The van der Waals surface area contributed by atoms with E-state index in [1.165, 1.54) is 23.1 Å². The molecule has 0 saturated carbocycles. The number of nitrogens with one attached hydrogen (secondary N) is 1. The van der Waals surface area contributed by atoms with E-state index < -0.39 is 5.41 Å². The van der Waals surface area contributed by atoms with Gasteiger partial charge in [0.15, 0.2) is 11.4 Å². The highest BCUT2D eigenvalue weighted by molar-refractivity contribution is 7.99. The van der Waals surface area contributed by atoms with Gasteiger partial charge in [0.2, 0.25) is 5.91 Å². The zero-order chi connectivity index (χ0) is 18.7. The summed E-state index contributed by atoms with van der Waals surface area (Å²) in [4.78, 5) is 30.3. The summed E-state index contributed by atoms with van der Waals surface area (Å²) in [5.41, 5.74) is 1.08. The topological polar surface area (TPSA) is 72.2 Å². The lowest BCUT2D eigenvalue weighted by atomic mass is 9.96. The van der Waals surface area contributed by atoms with E-state index in [1.807, 2.05) is 51.1 Å². The van der Waals surface area contributed by atoms with Crippen LogP contribution in [0.2, 0.25) is 0 Å². The quantitative estimate of drug-likeness (QED) is 0.496. The van der Waals surface area contributed by atoms with Crippen molar-refractivity contribution in [3.63, 3.8) is 0 Å². The Hall–Kier alpha value is -2.12. The molecule has 3 aromatic rings. The van der Waals surface area contributed by atoms with Gasteiger partial charge in [-0.15, -0.1) is 11.3 Å². The lowest BCUT2D eigenvalue weighted by Crippen LogP contribution is -2.34. The lowest BCUT2D eigenvalue weighted by molar-refractivity contribution is -0.128. The largest absolute Gasteiger partial charge is 0.431 e. The number of oxazole rings is 1. The molecule has 2 aromatic heterocycles. The normalized spacial score (nSPS) is 11.7. The van der Waals surface area contributed by atoms with Gasteiger partial charge < -0.3 is 9.73 Å². The highest BCUT2D eigenvalue weighted by Crippen LogP contribution is 2.25. The fourth-order valence-corrected chi connectivity index (χ4v) is 3.86. The fourth-order valence-electron chi connectivity index (χ4n) is 2.17. The van der Waals surface area contributed by atoms with Gasteiger partial charge >= 0.3 is 0 Å². The molecule has 0 aliphatic carbocycles. The molecule has 1 aromatic carbocycles. The number of thioether (sulfide) groups is 1. The predicted molar refractivity (Wildman–Crippen MR) is 105 cm³/mol. The van der Waals surface area contributed by atoms with E-state index in [4.69, 9.17) is 4.42 Å². The number of aromatic nitrogens is 1. The summed E-state index contributed by atoms with van der Waals surface area (Å²) in [5.74, 6) is 0.280. The van der Waals surface area contributed by atoms with Crippen molar-refractivity contribution in [1.82, 2.24) is 10.3 Å². The number of ketones is 1. The van der Waals surface area contributed by atoms with E-state index in [0.717, 1.165) is 16.0 Å². The van der Waals surface area contributed by atoms with E-state index in [9.17, 15) is 9.59 Å². The second kappa shape index (κ2) is 7.63. The van der Waals surface area contributed by atoms with Crippen molar-refractivity contribution < 1.29 is 14.0 Å². The third-order valence-corrected chi connectivity index (χ3v) is 5.60. The number of hydrogen-bond acceptors (Lipinski definition) is 6. The van der Waals surface area contributed by atoms with Gasteiger partial charge in [0.05, 0.1) is 17.2 Å². The molecule has 3 rings (SSSR count). The van der Waals surface area contributed by atoms with Gasteiger partial charge in [-0.3, -0.25) is 9.59 Å². The number of Topliss-reactive ketones (excluding diaryl/α,β-unsaturated/α-hetero) is 1. The van der Waals surface area contributed by atoms with Gasteiger partial charge in [-0.05, 0) is 24.3 Å². The minimum absolute atomic E-state index is 0.00899. The van der Waals surface area contributed by atoms with Gasteiger partial charge in [0.25, 0.3) is 5.22 Å². The summed E-state index contributed by atoms with van der Waals surface area (Å²) in [6.45, 7) is 6.05. The average molecular weight is 389 g/mol. The summed E-state index contributed by atoms with van der Waals surface area (Å²) in [6, 6.07) is 11.2. The number of thiophene rings is 1. The van der Waals surface area contributed by atoms with E-state index in [-0.39, 0.29) is 17.4 Å². The zero-order valence-corrected chi connectivity index (χ0v) is 16.5. The molecule has 0 fully saturated rings. The third-order valence-electron chi connectivity index (χ3n) is 3.64. The van der Waals surface area contributed by atoms with Crippen molar-refractivity contribution in [2.45, 2.75) is 32.5 Å². The van der Waals surface area contributed by atoms with Crippen molar-refractivity contribution in [2.75, 3.05) is 5.75 Å². The monoisotopic (exact) mass is 388 g/mol. The standard InChI is InChI=1S/C19H20N2O3S2/c1-19(2,3)17(23)20-10-12-8-9-16(26-12)14(22)11-25-18-21-13-6-4-5-7-15(13)24-18/h4-9H,10-11H2,1-3H3,(H,20,23). The van der Waals surface area contributed by atoms with Gasteiger partial charge in [-0.2, -0.15) is 0 Å². The van der Waals surface area contributed by atoms with Crippen molar-refractivity contribution >= 4 is 45.9 Å². The summed E-state index contributed by atoms with van der Waals surface area (Å²) >= 11 is 2.69. The molecule has 26 heavy (non-hydrogen) atoms. The van der Waals surface area contributed by atoms with Crippen LogP contribution in [0.3, 0.4) is 0 Å². The van der Waals surface area contributed by atoms with Crippen LogP contribution in [0.4, 0.5) is 0 Å². The molecular formula is C19H20N2O3S2. The molecule has 136 valence electrons. The molecule has 1 amide bonds. The number of rotatable bonds is 6. The number of para-hydroxylation sites is 2. The molecule has 7 heteroatoms. The van der Waals surface area contributed by atoms with Crippen LogP contribution in [0.25, 0.3) is 11.1 Å². The molecule has 0 aliphatic heterocycles. The first-order chi connectivity index (χ1) is 12.3. The number of fused-ring (bicyclic) bond motifs is 1. The maximum absolute atomic E-state index is 12.4. The van der Waals surface area contributed by atoms with Crippen LogP contribution >= 0.6 is 23.1 Å². The molecule has 0 saturated heterocycles. The van der Waals surface area contributed by atoms with Crippen LogP contribution in [0.1, 0.15) is 35.3 Å². The second-order valence-electron chi connectivity index (χ2n) is 6.86. The summed E-state index contributed by atoms with van der Waals surface area (Å²) in [6.07, 6.45) is 0. The second-order valence-corrected chi connectivity index (χ2v) is 8.95. The first kappa shape index (κ1) is 18.7. The first-order valence-corrected chi connectivity index (χ1v) is 10.0. The summed E-state index contributed by atoms with van der Waals surface area (Å²) in [7, 11) is 0. The van der Waals surface area contributed by atoms with E-state index in [2.05, 4.69) is 10.3 Å². The molecule has 1 N–H and O–H groups in total. The van der Waals surface area contributed by atoms with Crippen molar-refractivity contribution in [1.29, 1.82) is 0 Å². The maximum Gasteiger partial charge on any atom is 0.257 e. The Labute approximate surface area is 160 Å². The molecule has 0 unspecified atom stereocenters. The maximum atomic E-state index is 12.4. The van der Waals surface area contributed by atoms with Crippen LogP contribution in [-0.4, -0.2) is 22.4 Å². The molecule has 5 nitrogen and oxygen atoms in total. The van der Waals surface area contributed by atoms with Crippen LogP contribution in [-0.2, 0) is 11.3 Å². The van der Waals surface area contributed by atoms with Crippen molar-refractivity contribution in [2.24, 2.45) is 5.41 Å². The average Bonchev–Trinajstić information content (AvgIpc) is 3.23. The molecular weight excluding hydrogens is 368 g/mol. The van der Waals surface area contributed by atoms with Crippen LogP contribution in [0.15, 0.2) is 46.0 Å². The van der Waals surface area contributed by atoms with Crippen molar-refractivity contribution in [3.05, 3.63) is 46.2 Å². The van der Waals surface area contributed by atoms with Gasteiger partial charge in [0.1, 0.15) is 5.52 Å². The summed E-state index contributed by atoms with van der Waals surface area (Å²) < 4.78 is 5.61. The smallest absolute Gasteiger partial charge is 0.257 e. The molecule has 0 bridgehead atoms. The van der Waals surface area contributed by atoms with Gasteiger partial charge in [-0.1, -0.05) is 44.7 Å². The van der Waals surface area contributed by atoms with Gasteiger partial charge in [0, 0.05) is 10.3 Å². The predicted octanol–water partition coefficient (Wildman–Crippen LogP) is 4.53. The Balaban J connectivity index is 1.55. The number of amides is 1. The van der Waals surface area contributed by atoms with Crippen LogP contribution in [0, 0.1) is 5.41 Å². The molecule has 0 aliphatic rings. The van der Waals surface area contributed by atoms with Gasteiger partial charge in [-0.25, -0.2) is 4.98 Å². The highest BCUT2D eigenvalue weighted by atomic mass is 32.2. The number of benzene rings is 1. The van der Waals surface area contributed by atoms with Crippen LogP contribution in [0.5, 0.6) is 0 Å². The minimum Gasteiger partial charge on any atom is -0.431 e. The Morgan fingerprint density at radius 2 is 1.96 bits per heavy atom. The Morgan fingerprint density at radius 1 is 1.19 bits per heavy atom. The number of hydrogen-bond donors (Lipinski definition) is 1. The minimum atomic E-state index is -0.424. The number of nitrogens with zero attached hydrogens (tertiary/aromatic N) is 1. The first-order valence-electron chi connectivity index (χ1n) is 8.21.